The van der Waals surface area contributed by atoms with Crippen LogP contribution in [0.15, 0.2) is 66.9 Å². The molecular formula is C32H37ClN2O3. The van der Waals surface area contributed by atoms with E-state index in [-0.39, 0.29) is 0 Å². The first-order valence-corrected chi connectivity index (χ1v) is 14.1. The van der Waals surface area contributed by atoms with Gasteiger partial charge in [0.05, 0.1) is 16.9 Å². The van der Waals surface area contributed by atoms with Crippen molar-refractivity contribution in [1.29, 1.82) is 0 Å². The van der Waals surface area contributed by atoms with Crippen molar-refractivity contribution in [3.63, 3.8) is 0 Å². The van der Waals surface area contributed by atoms with Gasteiger partial charge in [-0.25, -0.2) is 0 Å². The van der Waals surface area contributed by atoms with Crippen LogP contribution in [0.3, 0.4) is 0 Å². The van der Waals surface area contributed by atoms with E-state index in [0.717, 1.165) is 65.3 Å². The van der Waals surface area contributed by atoms with E-state index in [4.69, 9.17) is 16.3 Å². The number of aliphatic hydroxyl groups is 2. The summed E-state index contributed by atoms with van der Waals surface area (Å²) in [6, 6.07) is 17.7. The average Bonchev–Trinajstić information content (AvgIpc) is 3.10. The number of hydrogen-bond acceptors (Lipinski definition) is 5. The van der Waals surface area contributed by atoms with Crippen LogP contribution in [-0.2, 0) is 17.8 Å². The Bertz CT molecular complexity index is 1290. The van der Waals surface area contributed by atoms with E-state index < -0.39 is 11.2 Å². The molecule has 0 bridgehead atoms. The number of pyridine rings is 1. The molecular weight excluding hydrogens is 496 g/mol. The summed E-state index contributed by atoms with van der Waals surface area (Å²) in [6.07, 6.45) is 7.65. The second-order valence-electron chi connectivity index (χ2n) is 10.5. The van der Waals surface area contributed by atoms with Crippen LogP contribution in [0, 0.1) is 0 Å². The fourth-order valence-electron chi connectivity index (χ4n) is 5.71. The Hall–Kier alpha value is -2.70. The van der Waals surface area contributed by atoms with Gasteiger partial charge < -0.3 is 19.8 Å². The molecule has 0 saturated carbocycles. The van der Waals surface area contributed by atoms with Gasteiger partial charge in [0.25, 0.3) is 0 Å². The zero-order valence-electron chi connectivity index (χ0n) is 22.3. The molecule has 1 fully saturated rings. The first-order chi connectivity index (χ1) is 18.3. The number of piperidine rings is 1. The lowest BCUT2D eigenvalue weighted by atomic mass is 9.84. The van der Waals surface area contributed by atoms with Gasteiger partial charge in [0.1, 0.15) is 12.4 Å². The van der Waals surface area contributed by atoms with Crippen LogP contribution in [-0.4, -0.2) is 39.7 Å². The summed E-state index contributed by atoms with van der Waals surface area (Å²) >= 11 is 6.04. The summed E-state index contributed by atoms with van der Waals surface area (Å²) in [4.78, 5) is 7.02. The monoisotopic (exact) mass is 532 g/mol. The summed E-state index contributed by atoms with van der Waals surface area (Å²) in [7, 11) is 0. The molecule has 6 heteroatoms. The Kier molecular flexibility index (Phi) is 7.92. The SMILES string of the molecule is CCC(O)(CC)c1ccc2c(c1)/C(=C/CCN1CCC(O)(c3ccc(Cl)cc3)CC1)c1cccnc1CO2. The van der Waals surface area contributed by atoms with Crippen molar-refractivity contribution in [3.8, 4) is 5.75 Å². The highest BCUT2D eigenvalue weighted by molar-refractivity contribution is 6.30. The van der Waals surface area contributed by atoms with Crippen molar-refractivity contribution in [2.75, 3.05) is 19.6 Å². The molecule has 0 amide bonds. The fraction of sp³-hybridized carbons (Fsp3) is 0.406. The molecule has 0 unspecified atom stereocenters. The van der Waals surface area contributed by atoms with Gasteiger partial charge >= 0.3 is 0 Å². The normalized spacial score (nSPS) is 18.4. The van der Waals surface area contributed by atoms with E-state index >= 15 is 0 Å². The molecule has 0 atom stereocenters. The standard InChI is InChI=1S/C32H37ClN2O3/c1-3-31(36,4-2)24-11-14-30-28(21-24)26(27-7-5-17-34-29(27)22-38-30)8-6-18-35-19-15-32(37,16-20-35)23-9-12-25(33)13-10-23/h5,7-14,17,21,36-37H,3-4,6,15-16,18-20,22H2,1-2H3/b26-8+. The lowest BCUT2D eigenvalue weighted by Crippen LogP contribution is -2.42. The number of ether oxygens (including phenoxy) is 1. The van der Waals surface area contributed by atoms with Crippen LogP contribution in [0.5, 0.6) is 5.75 Å². The largest absolute Gasteiger partial charge is 0.487 e. The van der Waals surface area contributed by atoms with E-state index in [1.807, 2.05) is 62.5 Å². The lowest BCUT2D eigenvalue weighted by molar-refractivity contribution is -0.0254. The van der Waals surface area contributed by atoms with Crippen molar-refractivity contribution < 1.29 is 14.9 Å². The second-order valence-corrected chi connectivity index (χ2v) is 11.0. The molecule has 3 aromatic rings. The third-order valence-electron chi connectivity index (χ3n) is 8.38. The van der Waals surface area contributed by atoms with Gasteiger partial charge in [0, 0.05) is 42.0 Å². The smallest absolute Gasteiger partial charge is 0.131 e. The van der Waals surface area contributed by atoms with Gasteiger partial charge in [0.2, 0.25) is 0 Å². The molecule has 0 radical (unpaired) electrons. The molecule has 200 valence electrons. The molecule has 0 aliphatic carbocycles. The number of benzene rings is 2. The van der Waals surface area contributed by atoms with Gasteiger partial charge in [-0.2, -0.15) is 0 Å². The Morgan fingerprint density at radius 2 is 1.79 bits per heavy atom. The van der Waals surface area contributed by atoms with Crippen LogP contribution >= 0.6 is 11.6 Å². The predicted molar refractivity (Wildman–Crippen MR) is 152 cm³/mol. The van der Waals surface area contributed by atoms with Gasteiger partial charge in [-0.1, -0.05) is 55.8 Å². The molecule has 38 heavy (non-hydrogen) atoms. The van der Waals surface area contributed by atoms with E-state index in [2.05, 4.69) is 28.1 Å². The van der Waals surface area contributed by atoms with Gasteiger partial charge in [-0.3, -0.25) is 4.98 Å². The van der Waals surface area contributed by atoms with Gasteiger partial charge in [-0.15, -0.1) is 0 Å². The maximum Gasteiger partial charge on any atom is 0.131 e. The van der Waals surface area contributed by atoms with Crippen LogP contribution in [0.4, 0.5) is 0 Å². The third kappa shape index (κ3) is 5.39. The molecule has 2 aliphatic heterocycles. The lowest BCUT2D eigenvalue weighted by Gasteiger charge is -2.38. The highest BCUT2D eigenvalue weighted by atomic mass is 35.5. The predicted octanol–water partition coefficient (Wildman–Crippen LogP) is 6.44. The summed E-state index contributed by atoms with van der Waals surface area (Å²) in [5.74, 6) is 0.818. The maximum absolute atomic E-state index is 11.2. The number of hydrogen-bond donors (Lipinski definition) is 2. The number of rotatable bonds is 7. The summed E-state index contributed by atoms with van der Waals surface area (Å²) < 4.78 is 6.18. The van der Waals surface area contributed by atoms with Crippen LogP contribution in [0.2, 0.25) is 5.02 Å². The number of fused-ring (bicyclic) bond motifs is 2. The van der Waals surface area contributed by atoms with Crippen molar-refractivity contribution in [3.05, 3.63) is 99.8 Å². The Labute approximate surface area is 230 Å². The third-order valence-corrected chi connectivity index (χ3v) is 8.63. The summed E-state index contributed by atoms with van der Waals surface area (Å²) in [5.41, 5.74) is 4.31. The van der Waals surface area contributed by atoms with Crippen molar-refractivity contribution in [2.24, 2.45) is 0 Å². The summed E-state index contributed by atoms with van der Waals surface area (Å²) in [5, 5.41) is 23.2. The topological polar surface area (TPSA) is 65.8 Å². The number of halogens is 1. The minimum Gasteiger partial charge on any atom is -0.487 e. The van der Waals surface area contributed by atoms with Gasteiger partial charge in [0.15, 0.2) is 0 Å². The van der Waals surface area contributed by atoms with Crippen molar-refractivity contribution >= 4 is 17.2 Å². The number of likely N-dealkylation sites (tertiary alicyclic amines) is 1. The van der Waals surface area contributed by atoms with E-state index in [1.165, 1.54) is 0 Å². The van der Waals surface area contributed by atoms with Crippen LogP contribution in [0.25, 0.3) is 5.57 Å². The van der Waals surface area contributed by atoms with Crippen LogP contribution in [0.1, 0.15) is 73.9 Å². The highest BCUT2D eigenvalue weighted by Crippen LogP contribution is 2.40. The molecule has 1 aromatic heterocycles. The van der Waals surface area contributed by atoms with E-state index in [9.17, 15) is 10.2 Å². The average molecular weight is 533 g/mol. The molecule has 2 aromatic carbocycles. The van der Waals surface area contributed by atoms with E-state index in [0.29, 0.717) is 37.3 Å². The molecule has 5 nitrogen and oxygen atoms in total. The first-order valence-electron chi connectivity index (χ1n) is 13.7. The number of aromatic nitrogens is 1. The Balaban J connectivity index is 1.36. The minimum atomic E-state index is -0.862. The zero-order chi connectivity index (χ0) is 26.8. The van der Waals surface area contributed by atoms with Gasteiger partial charge in [-0.05, 0) is 79.1 Å². The Morgan fingerprint density at radius 1 is 1.05 bits per heavy atom. The number of nitrogens with zero attached hydrogens (tertiary/aromatic N) is 2. The van der Waals surface area contributed by atoms with E-state index in [1.54, 1.807) is 0 Å². The quantitative estimate of drug-likeness (QED) is 0.366. The first kappa shape index (κ1) is 26.9. The summed E-state index contributed by atoms with van der Waals surface area (Å²) in [6.45, 7) is 7.04. The van der Waals surface area contributed by atoms with Crippen molar-refractivity contribution in [2.45, 2.75) is 63.8 Å². The zero-order valence-corrected chi connectivity index (χ0v) is 23.0. The molecule has 2 aliphatic rings. The maximum atomic E-state index is 11.2. The molecule has 2 N–H and O–H groups in total. The van der Waals surface area contributed by atoms with Crippen LogP contribution < -0.4 is 4.74 Å². The molecule has 5 rings (SSSR count). The minimum absolute atomic E-state index is 0.418. The Morgan fingerprint density at radius 3 is 2.50 bits per heavy atom. The molecule has 3 heterocycles. The molecule has 1 saturated heterocycles. The molecule has 0 spiro atoms. The fourth-order valence-corrected chi connectivity index (χ4v) is 5.84. The second kappa shape index (κ2) is 11.2. The van der Waals surface area contributed by atoms with Crippen molar-refractivity contribution in [1.82, 2.24) is 9.88 Å². The highest BCUT2D eigenvalue weighted by Gasteiger charge is 2.34.